The van der Waals surface area contributed by atoms with Crippen LogP contribution < -0.4 is 9.64 Å². The van der Waals surface area contributed by atoms with Crippen LogP contribution in [-0.4, -0.2) is 27.8 Å². The summed E-state index contributed by atoms with van der Waals surface area (Å²) in [7, 11) is 0. The van der Waals surface area contributed by atoms with E-state index < -0.39 is 22.6 Å². The Kier molecular flexibility index (Phi) is 6.24. The number of rotatable bonds is 5. The number of nitrogens with zero attached hydrogens (tertiary/aromatic N) is 1. The number of carboxylic acids is 1. The maximum absolute atomic E-state index is 14.4. The van der Waals surface area contributed by atoms with Crippen LogP contribution in [0.1, 0.15) is 32.8 Å². The van der Waals surface area contributed by atoms with Gasteiger partial charge in [0.05, 0.1) is 28.8 Å². The molecule has 0 saturated carbocycles. The summed E-state index contributed by atoms with van der Waals surface area (Å²) in [6.07, 6.45) is -0.327. The van der Waals surface area contributed by atoms with Crippen molar-refractivity contribution < 1.29 is 23.8 Å². The molecule has 0 spiro atoms. The average molecular weight is 482 g/mol. The number of fused-ring (bicyclic) bond motifs is 1. The van der Waals surface area contributed by atoms with Gasteiger partial charge in [0, 0.05) is 10.0 Å². The molecule has 1 atom stereocenters. The van der Waals surface area contributed by atoms with Gasteiger partial charge in [-0.05, 0) is 45.0 Å². The highest BCUT2D eigenvalue weighted by atomic mass is 79.9. The minimum atomic E-state index is -1.07. The molecular formula is C21H21BrFNO4S. The number of amides is 1. The molecule has 0 bridgehead atoms. The van der Waals surface area contributed by atoms with Gasteiger partial charge in [-0.3, -0.25) is 9.59 Å². The minimum absolute atomic E-state index is 0.000592. The fourth-order valence-corrected chi connectivity index (χ4v) is 4.60. The highest BCUT2D eigenvalue weighted by Gasteiger charge is 2.37. The van der Waals surface area contributed by atoms with Crippen molar-refractivity contribution in [1.29, 1.82) is 0 Å². The zero-order valence-corrected chi connectivity index (χ0v) is 18.6. The Morgan fingerprint density at radius 3 is 2.66 bits per heavy atom. The molecule has 0 radical (unpaired) electrons. The quantitative estimate of drug-likeness (QED) is 0.631. The van der Waals surface area contributed by atoms with Crippen LogP contribution in [0.3, 0.4) is 0 Å². The molecule has 1 amide bonds. The van der Waals surface area contributed by atoms with Gasteiger partial charge in [-0.2, -0.15) is 0 Å². The normalized spacial score (nSPS) is 16.5. The van der Waals surface area contributed by atoms with Crippen molar-refractivity contribution in [2.45, 2.75) is 49.5 Å². The van der Waals surface area contributed by atoms with Crippen molar-refractivity contribution in [2.24, 2.45) is 0 Å². The molecule has 2 aromatic carbocycles. The number of carbonyl (C=O) groups excluding carboxylic acids is 1. The first-order chi connectivity index (χ1) is 13.5. The summed E-state index contributed by atoms with van der Waals surface area (Å²) in [6.45, 7) is 5.73. The van der Waals surface area contributed by atoms with Gasteiger partial charge in [0.15, 0.2) is 0 Å². The average Bonchev–Trinajstić information content (AvgIpc) is 2.59. The van der Waals surface area contributed by atoms with Crippen LogP contribution >= 0.6 is 27.7 Å². The van der Waals surface area contributed by atoms with E-state index in [-0.39, 0.29) is 18.9 Å². The zero-order valence-electron chi connectivity index (χ0n) is 16.2. The van der Waals surface area contributed by atoms with Crippen LogP contribution in [-0.2, 0) is 16.1 Å². The van der Waals surface area contributed by atoms with E-state index in [0.29, 0.717) is 26.4 Å². The molecule has 1 unspecified atom stereocenters. The van der Waals surface area contributed by atoms with Gasteiger partial charge < -0.3 is 14.7 Å². The summed E-state index contributed by atoms with van der Waals surface area (Å²) < 4.78 is 21.1. The topological polar surface area (TPSA) is 66.8 Å². The van der Waals surface area contributed by atoms with E-state index in [1.807, 2.05) is 20.8 Å². The van der Waals surface area contributed by atoms with E-state index in [4.69, 9.17) is 4.74 Å². The van der Waals surface area contributed by atoms with Crippen LogP contribution in [0, 0.1) is 5.82 Å². The maximum Gasteiger partial charge on any atom is 0.305 e. The van der Waals surface area contributed by atoms with Crippen molar-refractivity contribution in [1.82, 2.24) is 0 Å². The van der Waals surface area contributed by atoms with Gasteiger partial charge in [-0.25, -0.2) is 4.39 Å². The summed E-state index contributed by atoms with van der Waals surface area (Å²) in [6, 6.07) is 9.99. The fourth-order valence-electron chi connectivity index (χ4n) is 3.00. The third-order valence-electron chi connectivity index (χ3n) is 4.17. The third kappa shape index (κ3) is 5.11. The maximum atomic E-state index is 14.4. The first kappa shape index (κ1) is 21.6. The Morgan fingerprint density at radius 2 is 2.03 bits per heavy atom. The molecule has 154 valence electrons. The van der Waals surface area contributed by atoms with E-state index in [2.05, 4.69) is 15.9 Å². The second kappa shape index (κ2) is 8.36. The zero-order chi connectivity index (χ0) is 21.3. The lowest BCUT2D eigenvalue weighted by Gasteiger charge is -2.35. The van der Waals surface area contributed by atoms with Crippen LogP contribution in [0.4, 0.5) is 10.1 Å². The van der Waals surface area contributed by atoms with E-state index in [9.17, 15) is 19.1 Å². The molecule has 1 aliphatic rings. The molecular weight excluding hydrogens is 461 g/mol. The number of hydrogen-bond acceptors (Lipinski definition) is 4. The molecule has 1 aliphatic heterocycles. The van der Waals surface area contributed by atoms with Gasteiger partial charge in [0.2, 0.25) is 5.91 Å². The lowest BCUT2D eigenvalue weighted by molar-refractivity contribution is -0.138. The Bertz CT molecular complexity index is 960. The Balaban J connectivity index is 2.06. The van der Waals surface area contributed by atoms with Crippen LogP contribution in [0.25, 0.3) is 0 Å². The number of carboxylic acid groups (broad SMARTS) is 1. The largest absolute Gasteiger partial charge is 0.487 e. The Morgan fingerprint density at radius 1 is 1.31 bits per heavy atom. The number of benzene rings is 2. The SMILES string of the molecule is CC(C)(C)Oc1cccc2c1SC(CC(=O)O)C(=O)N2Cc1ccc(Br)cc1F. The molecule has 0 aromatic heterocycles. The molecule has 2 aromatic rings. The highest BCUT2D eigenvalue weighted by Crippen LogP contribution is 2.47. The molecule has 3 rings (SSSR count). The molecule has 0 fully saturated rings. The summed E-state index contributed by atoms with van der Waals surface area (Å²) in [5.41, 5.74) is 0.462. The van der Waals surface area contributed by atoms with E-state index in [1.165, 1.54) is 22.7 Å². The monoisotopic (exact) mass is 481 g/mol. The van der Waals surface area contributed by atoms with Crippen molar-refractivity contribution in [2.75, 3.05) is 4.90 Å². The van der Waals surface area contributed by atoms with Crippen molar-refractivity contribution in [3.8, 4) is 5.75 Å². The molecule has 1 heterocycles. The standard InChI is InChI=1S/C21H21BrFNO4S/c1-21(2,3)28-16-6-4-5-15-19(16)29-17(10-18(25)26)20(27)24(15)11-12-7-8-13(22)9-14(12)23/h4-9,17H,10-11H2,1-3H3,(H,25,26). The molecule has 5 nitrogen and oxygen atoms in total. The highest BCUT2D eigenvalue weighted by molar-refractivity contribution is 9.10. The number of ether oxygens (including phenoxy) is 1. The summed E-state index contributed by atoms with van der Waals surface area (Å²) >= 11 is 4.41. The molecule has 29 heavy (non-hydrogen) atoms. The molecule has 1 N–H and O–H groups in total. The summed E-state index contributed by atoms with van der Waals surface area (Å²) in [5.74, 6) is -1.29. The van der Waals surface area contributed by atoms with Crippen molar-refractivity contribution in [3.63, 3.8) is 0 Å². The predicted molar refractivity (Wildman–Crippen MR) is 114 cm³/mol. The minimum Gasteiger partial charge on any atom is -0.487 e. The van der Waals surface area contributed by atoms with Crippen LogP contribution in [0.5, 0.6) is 5.75 Å². The molecule has 0 saturated heterocycles. The number of carbonyl (C=O) groups is 2. The van der Waals surface area contributed by atoms with Gasteiger partial charge in [-0.1, -0.05) is 28.1 Å². The fraction of sp³-hybridized carbons (Fsp3) is 0.333. The molecule has 8 heteroatoms. The van der Waals surface area contributed by atoms with Crippen molar-refractivity contribution >= 4 is 45.3 Å². The van der Waals surface area contributed by atoms with E-state index >= 15 is 0 Å². The predicted octanol–water partition coefficient (Wildman–Crippen LogP) is 5.25. The second-order valence-electron chi connectivity index (χ2n) is 7.68. The van der Waals surface area contributed by atoms with E-state index in [0.717, 1.165) is 0 Å². The lowest BCUT2D eigenvalue weighted by Crippen LogP contribution is -2.41. The number of thioether (sulfide) groups is 1. The number of anilines is 1. The van der Waals surface area contributed by atoms with Gasteiger partial charge in [-0.15, -0.1) is 11.8 Å². The Labute approximate surface area is 181 Å². The lowest BCUT2D eigenvalue weighted by atomic mass is 10.1. The first-order valence-electron chi connectivity index (χ1n) is 9.01. The summed E-state index contributed by atoms with van der Waals surface area (Å²) in [5, 5.41) is 8.44. The second-order valence-corrected chi connectivity index (χ2v) is 9.81. The van der Waals surface area contributed by atoms with Crippen molar-refractivity contribution in [3.05, 3.63) is 52.3 Å². The smallest absolute Gasteiger partial charge is 0.305 e. The Hall–Kier alpha value is -2.06. The van der Waals surface area contributed by atoms with Gasteiger partial charge >= 0.3 is 5.97 Å². The number of hydrogen-bond donors (Lipinski definition) is 1. The molecule has 0 aliphatic carbocycles. The van der Waals surface area contributed by atoms with Crippen LogP contribution in [0.2, 0.25) is 0 Å². The van der Waals surface area contributed by atoms with Gasteiger partial charge in [0.25, 0.3) is 0 Å². The third-order valence-corrected chi connectivity index (χ3v) is 5.96. The number of halogens is 2. The number of aliphatic carboxylic acids is 1. The summed E-state index contributed by atoms with van der Waals surface area (Å²) in [4.78, 5) is 26.5. The van der Waals surface area contributed by atoms with Gasteiger partial charge in [0.1, 0.15) is 17.2 Å². The first-order valence-corrected chi connectivity index (χ1v) is 10.7. The van der Waals surface area contributed by atoms with Crippen LogP contribution in [0.15, 0.2) is 45.8 Å². The van der Waals surface area contributed by atoms with E-state index in [1.54, 1.807) is 30.3 Å².